The van der Waals surface area contributed by atoms with Gasteiger partial charge in [0.25, 0.3) is 16.4 Å². The molecule has 30 heavy (non-hydrogen) atoms. The van der Waals surface area contributed by atoms with Gasteiger partial charge in [-0.1, -0.05) is 11.6 Å². The quantitative estimate of drug-likeness (QED) is 0.474. The molecule has 2 N–H and O–H groups in total. The monoisotopic (exact) mass is 466 g/mol. The molecule has 0 atom stereocenters. The molecule has 0 aliphatic heterocycles. The Labute approximate surface area is 173 Å². The number of alkyl halides is 4. The van der Waals surface area contributed by atoms with E-state index in [0.29, 0.717) is 0 Å². The van der Waals surface area contributed by atoms with Crippen LogP contribution in [0.3, 0.4) is 0 Å². The number of aromatic nitrogens is 3. The van der Waals surface area contributed by atoms with Crippen LogP contribution in [0.1, 0.15) is 24.0 Å². The number of hydrogen-bond donors (Lipinski definition) is 2. The summed E-state index contributed by atoms with van der Waals surface area (Å²) < 4.78 is 84.1. The van der Waals surface area contributed by atoms with E-state index < -0.39 is 34.9 Å². The third kappa shape index (κ3) is 4.43. The summed E-state index contributed by atoms with van der Waals surface area (Å²) in [5, 5.41) is -0.202. The van der Waals surface area contributed by atoms with E-state index in [9.17, 15) is 26.0 Å². The number of hydrogen-bond acceptors (Lipinski definition) is 5. The molecule has 2 heterocycles. The van der Waals surface area contributed by atoms with Crippen molar-refractivity contribution in [2.45, 2.75) is 30.6 Å². The van der Waals surface area contributed by atoms with E-state index in [-0.39, 0.29) is 44.6 Å². The molecule has 0 unspecified atom stereocenters. The Morgan fingerprint density at radius 1 is 1.27 bits per heavy atom. The predicted octanol–water partition coefficient (Wildman–Crippen LogP) is 4.56. The first-order valence-corrected chi connectivity index (χ1v) is 10.3. The summed E-state index contributed by atoms with van der Waals surface area (Å²) in [5.74, 6) is -0.431. The Balaban J connectivity index is 1.95. The molecule has 0 amide bonds. The largest absolute Gasteiger partial charge is 0.481 e. The number of fused-ring (bicyclic) bond motifs is 1. The lowest BCUT2D eigenvalue weighted by Gasteiger charge is -2.10. The zero-order chi connectivity index (χ0) is 22.1. The molecule has 0 saturated heterocycles. The van der Waals surface area contributed by atoms with Gasteiger partial charge in [-0.3, -0.25) is 0 Å². The molecule has 7 nitrogen and oxygen atoms in total. The number of sulfonamides is 1. The van der Waals surface area contributed by atoms with E-state index in [1.54, 1.807) is 0 Å². The van der Waals surface area contributed by atoms with Crippen molar-refractivity contribution in [2.24, 2.45) is 0 Å². The minimum Gasteiger partial charge on any atom is -0.481 e. The van der Waals surface area contributed by atoms with Crippen LogP contribution in [0.5, 0.6) is 5.88 Å². The van der Waals surface area contributed by atoms with Crippen LogP contribution in [0.4, 0.5) is 23.5 Å². The van der Waals surface area contributed by atoms with Crippen LogP contribution >= 0.6 is 11.6 Å². The molecule has 162 valence electrons. The van der Waals surface area contributed by atoms with Gasteiger partial charge in [0.15, 0.2) is 0 Å². The van der Waals surface area contributed by atoms with Crippen molar-refractivity contribution in [2.75, 3.05) is 11.8 Å². The highest BCUT2D eigenvalue weighted by Gasteiger charge is 2.25. The van der Waals surface area contributed by atoms with Crippen LogP contribution in [-0.4, -0.2) is 36.9 Å². The Morgan fingerprint density at radius 2 is 2.00 bits per heavy atom. The SMILES string of the molecule is COc1nc(NS(=O)(=O)c2c[nH]c3c(C(F)F)c(Cl)ccc23)ncc1CCC(F)F. The van der Waals surface area contributed by atoms with Gasteiger partial charge in [0, 0.05) is 29.8 Å². The van der Waals surface area contributed by atoms with Gasteiger partial charge in [0.2, 0.25) is 18.3 Å². The Hall–Kier alpha value is -2.60. The zero-order valence-corrected chi connectivity index (χ0v) is 16.9. The van der Waals surface area contributed by atoms with E-state index >= 15 is 0 Å². The van der Waals surface area contributed by atoms with Crippen LogP contribution < -0.4 is 9.46 Å². The molecule has 0 aliphatic rings. The Morgan fingerprint density at radius 3 is 2.63 bits per heavy atom. The molecular weight excluding hydrogens is 452 g/mol. The minimum atomic E-state index is -4.29. The van der Waals surface area contributed by atoms with Gasteiger partial charge in [-0.15, -0.1) is 0 Å². The number of ether oxygens (including phenoxy) is 1. The van der Waals surface area contributed by atoms with E-state index in [2.05, 4.69) is 19.7 Å². The van der Waals surface area contributed by atoms with Crippen LogP contribution in [0, 0.1) is 0 Å². The fourth-order valence-corrected chi connectivity index (χ4v) is 4.20. The third-order valence-corrected chi connectivity index (χ3v) is 5.89. The van der Waals surface area contributed by atoms with Crippen LogP contribution in [-0.2, 0) is 16.4 Å². The van der Waals surface area contributed by atoms with Gasteiger partial charge in [0.05, 0.1) is 23.2 Å². The molecule has 0 bridgehead atoms. The normalized spacial score (nSPS) is 12.1. The second-order valence-corrected chi connectivity index (χ2v) is 8.16. The third-order valence-electron chi connectivity index (χ3n) is 4.19. The summed E-state index contributed by atoms with van der Waals surface area (Å²) in [6, 6.07) is 2.47. The maximum absolute atomic E-state index is 13.3. The number of benzene rings is 1. The number of rotatable bonds is 8. The van der Waals surface area contributed by atoms with Gasteiger partial charge in [-0.2, -0.15) is 4.98 Å². The maximum Gasteiger partial charge on any atom is 0.267 e. The lowest BCUT2D eigenvalue weighted by molar-refractivity contribution is 0.137. The number of nitrogens with zero attached hydrogens (tertiary/aromatic N) is 2. The molecule has 1 aromatic carbocycles. The molecule has 3 rings (SSSR count). The smallest absolute Gasteiger partial charge is 0.267 e. The van der Waals surface area contributed by atoms with Gasteiger partial charge in [-0.25, -0.2) is 35.7 Å². The van der Waals surface area contributed by atoms with Gasteiger partial charge < -0.3 is 9.72 Å². The number of nitrogens with one attached hydrogen (secondary N) is 2. The van der Waals surface area contributed by atoms with E-state index in [0.717, 1.165) is 6.20 Å². The molecule has 13 heteroatoms. The fourth-order valence-electron chi connectivity index (χ4n) is 2.83. The average Bonchev–Trinajstić information content (AvgIpc) is 3.10. The zero-order valence-electron chi connectivity index (χ0n) is 15.3. The first-order valence-electron chi connectivity index (χ1n) is 8.42. The van der Waals surface area contributed by atoms with Crippen LogP contribution in [0.2, 0.25) is 5.02 Å². The van der Waals surface area contributed by atoms with Crippen molar-refractivity contribution < 1.29 is 30.7 Å². The summed E-state index contributed by atoms with van der Waals surface area (Å²) in [6.07, 6.45) is -3.72. The first-order chi connectivity index (χ1) is 14.1. The number of aryl methyl sites for hydroxylation is 1. The van der Waals surface area contributed by atoms with Crippen LogP contribution in [0.15, 0.2) is 29.4 Å². The number of halogens is 5. The predicted molar refractivity (Wildman–Crippen MR) is 102 cm³/mol. The molecule has 0 fully saturated rings. The van der Waals surface area contributed by atoms with Gasteiger partial charge in [-0.05, 0) is 18.6 Å². The summed E-state index contributed by atoms with van der Waals surface area (Å²) in [5.41, 5.74) is -0.348. The lowest BCUT2D eigenvalue weighted by Crippen LogP contribution is -2.15. The fraction of sp³-hybridized carbons (Fsp3) is 0.294. The first kappa shape index (κ1) is 22.1. The van der Waals surface area contributed by atoms with Gasteiger partial charge >= 0.3 is 0 Å². The molecule has 3 aromatic rings. The molecule has 0 spiro atoms. The van der Waals surface area contributed by atoms with Crippen molar-refractivity contribution in [1.82, 2.24) is 15.0 Å². The Bertz CT molecular complexity index is 1170. The number of aromatic amines is 1. The summed E-state index contributed by atoms with van der Waals surface area (Å²) in [4.78, 5) is 9.90. The lowest BCUT2D eigenvalue weighted by atomic mass is 10.1. The highest BCUT2D eigenvalue weighted by molar-refractivity contribution is 7.93. The highest BCUT2D eigenvalue weighted by atomic mass is 35.5. The maximum atomic E-state index is 13.3. The minimum absolute atomic E-state index is 0.00252. The standard InChI is InChI=1S/C17H15ClF4N4O3S/c1-29-16-8(2-5-12(19)20)6-24-17(25-16)26-30(27,28)11-7-23-14-9(11)3-4-10(18)13(14)15(21)22/h3-4,6-7,12,15,23H,2,5H2,1H3,(H,24,25,26). The highest BCUT2D eigenvalue weighted by Crippen LogP contribution is 2.36. The van der Waals surface area contributed by atoms with Crippen molar-refractivity contribution in [1.29, 1.82) is 0 Å². The summed E-state index contributed by atoms with van der Waals surface area (Å²) in [7, 11) is -3.03. The van der Waals surface area contributed by atoms with Crippen molar-refractivity contribution in [3.05, 3.63) is 40.7 Å². The molecule has 0 saturated carbocycles. The molecular formula is C17H15ClF4N4O3S. The average molecular weight is 467 g/mol. The van der Waals surface area contributed by atoms with E-state index in [4.69, 9.17) is 16.3 Å². The topological polar surface area (TPSA) is 97.0 Å². The molecule has 0 aliphatic carbocycles. The van der Waals surface area contributed by atoms with Gasteiger partial charge in [0.1, 0.15) is 4.90 Å². The van der Waals surface area contributed by atoms with E-state index in [1.165, 1.54) is 25.4 Å². The molecule has 2 aromatic heterocycles. The second-order valence-electron chi connectivity index (χ2n) is 6.10. The number of methoxy groups -OCH3 is 1. The van der Waals surface area contributed by atoms with Crippen molar-refractivity contribution >= 4 is 38.5 Å². The van der Waals surface area contributed by atoms with Crippen LogP contribution in [0.25, 0.3) is 10.9 Å². The summed E-state index contributed by atoms with van der Waals surface area (Å²) >= 11 is 5.80. The number of anilines is 1. The summed E-state index contributed by atoms with van der Waals surface area (Å²) in [6.45, 7) is 0. The van der Waals surface area contributed by atoms with Crippen molar-refractivity contribution in [3.63, 3.8) is 0 Å². The number of H-pyrrole nitrogens is 1. The molecule has 0 radical (unpaired) electrons. The van der Waals surface area contributed by atoms with E-state index in [1.807, 2.05) is 0 Å². The second kappa shape index (κ2) is 8.64. The van der Waals surface area contributed by atoms with Crippen molar-refractivity contribution in [3.8, 4) is 5.88 Å². The Kier molecular flexibility index (Phi) is 6.36.